The number of piperidine rings is 1. The van der Waals surface area contributed by atoms with Crippen molar-refractivity contribution in [3.05, 3.63) is 65.7 Å². The molecule has 2 N–H and O–H groups in total. The monoisotopic (exact) mass is 379 g/mol. The first kappa shape index (κ1) is 19.9. The molecule has 3 amide bonds. The zero-order chi connectivity index (χ0) is 19.8. The fourth-order valence-corrected chi connectivity index (χ4v) is 3.63. The van der Waals surface area contributed by atoms with E-state index < -0.39 is 0 Å². The molecule has 1 heterocycles. The maximum atomic E-state index is 12.6. The lowest BCUT2D eigenvalue weighted by atomic mass is 9.93. The lowest BCUT2D eigenvalue weighted by Crippen LogP contribution is -2.42. The number of urea groups is 1. The average molecular weight is 380 g/mol. The van der Waals surface area contributed by atoms with E-state index in [0.29, 0.717) is 25.4 Å². The molecule has 0 saturated carbocycles. The van der Waals surface area contributed by atoms with E-state index >= 15 is 0 Å². The second-order valence-corrected chi connectivity index (χ2v) is 7.55. The summed E-state index contributed by atoms with van der Waals surface area (Å²) in [6, 6.07) is 17.7. The summed E-state index contributed by atoms with van der Waals surface area (Å²) >= 11 is 0. The van der Waals surface area contributed by atoms with Crippen LogP contribution in [0.25, 0.3) is 0 Å². The van der Waals surface area contributed by atoms with E-state index in [2.05, 4.69) is 10.6 Å². The van der Waals surface area contributed by atoms with Crippen molar-refractivity contribution in [1.29, 1.82) is 0 Å². The Morgan fingerprint density at radius 3 is 2.71 bits per heavy atom. The quantitative estimate of drug-likeness (QED) is 0.784. The third-order valence-electron chi connectivity index (χ3n) is 5.19. The maximum Gasteiger partial charge on any atom is 0.321 e. The smallest absolute Gasteiger partial charge is 0.321 e. The summed E-state index contributed by atoms with van der Waals surface area (Å²) in [5.74, 6) is 0.449. The Bertz CT molecular complexity index is 791. The number of anilines is 1. The Hall–Kier alpha value is -2.82. The van der Waals surface area contributed by atoms with Crippen LogP contribution in [0.2, 0.25) is 0 Å². The molecule has 2 aromatic rings. The Balaban J connectivity index is 1.41. The first-order valence-electron chi connectivity index (χ1n) is 10.0. The highest BCUT2D eigenvalue weighted by Crippen LogP contribution is 2.22. The Kier molecular flexibility index (Phi) is 7.06. The van der Waals surface area contributed by atoms with Gasteiger partial charge in [-0.1, -0.05) is 42.5 Å². The number of nitrogens with one attached hydrogen (secondary N) is 2. The van der Waals surface area contributed by atoms with Crippen LogP contribution in [0.4, 0.5) is 10.5 Å². The minimum atomic E-state index is -0.0520. The number of likely N-dealkylation sites (tertiary alicyclic amines) is 1. The van der Waals surface area contributed by atoms with E-state index in [0.717, 1.165) is 42.6 Å². The molecule has 5 heteroatoms. The van der Waals surface area contributed by atoms with Crippen LogP contribution in [0.15, 0.2) is 54.6 Å². The molecule has 1 saturated heterocycles. The van der Waals surface area contributed by atoms with Gasteiger partial charge in [-0.25, -0.2) is 4.79 Å². The van der Waals surface area contributed by atoms with Crippen LogP contribution in [-0.4, -0.2) is 29.9 Å². The van der Waals surface area contributed by atoms with Gasteiger partial charge in [0, 0.05) is 31.7 Å². The highest BCUT2D eigenvalue weighted by atomic mass is 16.2. The molecule has 0 aliphatic carbocycles. The third kappa shape index (κ3) is 6.12. The molecule has 0 aromatic heterocycles. The minimum absolute atomic E-state index is 0.0520. The molecule has 1 aliphatic rings. The predicted molar refractivity (Wildman–Crippen MR) is 112 cm³/mol. The van der Waals surface area contributed by atoms with Crippen molar-refractivity contribution in [2.24, 2.45) is 5.92 Å². The van der Waals surface area contributed by atoms with Gasteiger partial charge >= 0.3 is 6.03 Å². The van der Waals surface area contributed by atoms with E-state index in [-0.39, 0.29) is 11.9 Å². The number of rotatable bonds is 6. The molecule has 148 valence electrons. The second-order valence-electron chi connectivity index (χ2n) is 7.55. The van der Waals surface area contributed by atoms with Gasteiger partial charge in [0.25, 0.3) is 0 Å². The van der Waals surface area contributed by atoms with Crippen LogP contribution in [0, 0.1) is 12.8 Å². The van der Waals surface area contributed by atoms with E-state index in [4.69, 9.17) is 0 Å². The number of carbonyl (C=O) groups excluding carboxylic acids is 2. The average Bonchev–Trinajstić information content (AvgIpc) is 2.72. The maximum absolute atomic E-state index is 12.6. The highest BCUT2D eigenvalue weighted by Gasteiger charge is 2.24. The molecule has 0 spiro atoms. The van der Waals surface area contributed by atoms with E-state index in [9.17, 15) is 9.59 Å². The SMILES string of the molecule is Cc1cccc(NC(=O)N2CCC[C@@H](CCC(=O)NCc3ccccc3)C2)c1. The number of nitrogens with zero attached hydrogens (tertiary/aromatic N) is 1. The third-order valence-corrected chi connectivity index (χ3v) is 5.19. The molecule has 1 aliphatic heterocycles. The molecule has 3 rings (SSSR count). The molecule has 1 atom stereocenters. The number of hydrogen-bond acceptors (Lipinski definition) is 2. The van der Waals surface area contributed by atoms with Crippen molar-refractivity contribution in [2.75, 3.05) is 18.4 Å². The highest BCUT2D eigenvalue weighted by molar-refractivity contribution is 5.89. The van der Waals surface area contributed by atoms with E-state index in [1.165, 1.54) is 0 Å². The van der Waals surface area contributed by atoms with Gasteiger partial charge in [-0.3, -0.25) is 4.79 Å². The van der Waals surface area contributed by atoms with Crippen LogP contribution in [0.3, 0.4) is 0 Å². The van der Waals surface area contributed by atoms with Crippen LogP contribution in [0.5, 0.6) is 0 Å². The summed E-state index contributed by atoms with van der Waals surface area (Å²) in [6.07, 6.45) is 3.37. The molecule has 5 nitrogen and oxygen atoms in total. The second kappa shape index (κ2) is 9.93. The van der Waals surface area contributed by atoms with Crippen molar-refractivity contribution in [3.8, 4) is 0 Å². The lowest BCUT2D eigenvalue weighted by Gasteiger charge is -2.32. The fourth-order valence-electron chi connectivity index (χ4n) is 3.63. The number of hydrogen-bond donors (Lipinski definition) is 2. The summed E-state index contributed by atoms with van der Waals surface area (Å²) in [5, 5.41) is 5.96. The molecule has 0 radical (unpaired) electrons. The summed E-state index contributed by atoms with van der Waals surface area (Å²) < 4.78 is 0. The Morgan fingerprint density at radius 1 is 1.11 bits per heavy atom. The first-order chi connectivity index (χ1) is 13.6. The molecular weight excluding hydrogens is 350 g/mol. The van der Waals surface area contributed by atoms with Crippen molar-refractivity contribution < 1.29 is 9.59 Å². The topological polar surface area (TPSA) is 61.4 Å². The largest absolute Gasteiger partial charge is 0.352 e. The molecule has 28 heavy (non-hydrogen) atoms. The van der Waals surface area contributed by atoms with Gasteiger partial charge in [-0.05, 0) is 55.4 Å². The van der Waals surface area contributed by atoms with Crippen molar-refractivity contribution >= 4 is 17.6 Å². The Morgan fingerprint density at radius 2 is 1.93 bits per heavy atom. The van der Waals surface area contributed by atoms with Crippen LogP contribution in [-0.2, 0) is 11.3 Å². The van der Waals surface area contributed by atoms with Crippen LogP contribution in [0.1, 0.15) is 36.8 Å². The van der Waals surface area contributed by atoms with Gasteiger partial charge in [-0.15, -0.1) is 0 Å². The zero-order valence-corrected chi connectivity index (χ0v) is 16.5. The van der Waals surface area contributed by atoms with Crippen molar-refractivity contribution in [1.82, 2.24) is 10.2 Å². The molecule has 1 fully saturated rings. The van der Waals surface area contributed by atoms with E-state index in [1.807, 2.05) is 66.4 Å². The van der Waals surface area contributed by atoms with Gasteiger partial charge < -0.3 is 15.5 Å². The van der Waals surface area contributed by atoms with Crippen molar-refractivity contribution in [3.63, 3.8) is 0 Å². The standard InChI is InChI=1S/C23H29N3O2/c1-18-7-5-11-21(15-18)25-23(28)26-14-6-10-20(17-26)12-13-22(27)24-16-19-8-3-2-4-9-19/h2-5,7-9,11,15,20H,6,10,12-14,16-17H2,1H3,(H,24,27)(H,25,28)/t20-/m0/s1. The molecule has 0 unspecified atom stereocenters. The zero-order valence-electron chi connectivity index (χ0n) is 16.5. The minimum Gasteiger partial charge on any atom is -0.352 e. The summed E-state index contributed by atoms with van der Waals surface area (Å²) in [5.41, 5.74) is 3.05. The Labute approximate surface area is 167 Å². The number of amides is 3. The number of aryl methyl sites for hydroxylation is 1. The van der Waals surface area contributed by atoms with Gasteiger partial charge in [0.05, 0.1) is 0 Å². The fraction of sp³-hybridized carbons (Fsp3) is 0.391. The molecule has 2 aromatic carbocycles. The van der Waals surface area contributed by atoms with Crippen molar-refractivity contribution in [2.45, 2.75) is 39.2 Å². The first-order valence-corrected chi connectivity index (χ1v) is 10.0. The van der Waals surface area contributed by atoms with Gasteiger partial charge in [-0.2, -0.15) is 0 Å². The van der Waals surface area contributed by atoms with Gasteiger partial charge in [0.1, 0.15) is 0 Å². The summed E-state index contributed by atoms with van der Waals surface area (Å²) in [6.45, 7) is 4.06. The lowest BCUT2D eigenvalue weighted by molar-refractivity contribution is -0.121. The van der Waals surface area contributed by atoms with Gasteiger partial charge in [0.15, 0.2) is 0 Å². The normalized spacial score (nSPS) is 16.5. The van der Waals surface area contributed by atoms with Crippen LogP contribution >= 0.6 is 0 Å². The predicted octanol–water partition coefficient (Wildman–Crippen LogP) is 4.34. The van der Waals surface area contributed by atoms with Crippen LogP contribution < -0.4 is 10.6 Å². The number of benzene rings is 2. The number of carbonyl (C=O) groups is 2. The summed E-state index contributed by atoms with van der Waals surface area (Å²) in [4.78, 5) is 26.6. The summed E-state index contributed by atoms with van der Waals surface area (Å²) in [7, 11) is 0. The van der Waals surface area contributed by atoms with Gasteiger partial charge in [0.2, 0.25) is 5.91 Å². The molecular formula is C23H29N3O2. The molecule has 0 bridgehead atoms. The van der Waals surface area contributed by atoms with E-state index in [1.54, 1.807) is 0 Å².